The number of thioether (sulfide) groups is 1. The summed E-state index contributed by atoms with van der Waals surface area (Å²) in [6.07, 6.45) is 7.11. The molecule has 90 valence electrons. The zero-order chi connectivity index (χ0) is 11.2. The third kappa shape index (κ3) is 3.43. The Balaban J connectivity index is 1.69. The van der Waals surface area contributed by atoms with Gasteiger partial charge in [0.25, 0.3) is 0 Å². The Kier molecular flexibility index (Phi) is 5.06. The van der Waals surface area contributed by atoms with E-state index in [0.29, 0.717) is 0 Å². The Morgan fingerprint density at radius 1 is 1.56 bits per heavy atom. The molecule has 1 aromatic rings. The third-order valence-corrected chi connectivity index (χ3v) is 5.01. The van der Waals surface area contributed by atoms with E-state index in [9.17, 15) is 0 Å². The van der Waals surface area contributed by atoms with Crippen LogP contribution < -0.4 is 5.32 Å². The van der Waals surface area contributed by atoms with Crippen LogP contribution in [0.25, 0.3) is 0 Å². The number of rotatable bonds is 6. The minimum Gasteiger partial charge on any atom is -0.314 e. The third-order valence-electron chi connectivity index (χ3n) is 3.18. The molecule has 1 saturated carbocycles. The lowest BCUT2D eigenvalue weighted by Crippen LogP contribution is -2.32. The highest BCUT2D eigenvalue weighted by atomic mass is 32.2. The van der Waals surface area contributed by atoms with Crippen molar-refractivity contribution in [2.24, 2.45) is 5.92 Å². The molecule has 1 heterocycles. The quantitative estimate of drug-likeness (QED) is 0.795. The van der Waals surface area contributed by atoms with E-state index in [1.54, 1.807) is 6.33 Å². The summed E-state index contributed by atoms with van der Waals surface area (Å²) in [7, 11) is 0. The van der Waals surface area contributed by atoms with Crippen molar-refractivity contribution in [3.05, 3.63) is 6.33 Å². The standard InChI is InChI=1S/C11H19N3S2/c1-2-12-10-5-3-4-9(10)6-7-15-11-13-8-14-16-11/h8-10,12H,2-7H2,1H3. The Morgan fingerprint density at radius 3 is 3.25 bits per heavy atom. The zero-order valence-electron chi connectivity index (χ0n) is 9.69. The first-order valence-corrected chi connectivity index (χ1v) is 7.79. The lowest BCUT2D eigenvalue weighted by atomic mass is 10.0. The molecule has 0 aromatic carbocycles. The molecule has 0 radical (unpaired) electrons. The van der Waals surface area contributed by atoms with E-state index >= 15 is 0 Å². The Labute approximate surface area is 106 Å². The van der Waals surface area contributed by atoms with Crippen LogP contribution in [0.15, 0.2) is 10.7 Å². The van der Waals surface area contributed by atoms with Gasteiger partial charge in [-0.2, -0.15) is 4.37 Å². The molecule has 2 rings (SSSR count). The van der Waals surface area contributed by atoms with Gasteiger partial charge in [-0.1, -0.05) is 25.1 Å². The van der Waals surface area contributed by atoms with Gasteiger partial charge in [0.05, 0.1) is 0 Å². The molecule has 1 aromatic heterocycles. The van der Waals surface area contributed by atoms with Crippen molar-refractivity contribution in [3.8, 4) is 0 Å². The molecule has 3 nitrogen and oxygen atoms in total. The molecule has 1 aliphatic rings. The maximum atomic E-state index is 4.19. The van der Waals surface area contributed by atoms with E-state index in [1.165, 1.54) is 43.0 Å². The van der Waals surface area contributed by atoms with Crippen LogP contribution in [0, 0.1) is 5.92 Å². The van der Waals surface area contributed by atoms with Crippen LogP contribution in [0.3, 0.4) is 0 Å². The predicted molar refractivity (Wildman–Crippen MR) is 70.1 cm³/mol. The van der Waals surface area contributed by atoms with Crippen molar-refractivity contribution in [1.82, 2.24) is 14.7 Å². The van der Waals surface area contributed by atoms with Crippen molar-refractivity contribution in [1.29, 1.82) is 0 Å². The summed E-state index contributed by atoms with van der Waals surface area (Å²) >= 11 is 3.35. The van der Waals surface area contributed by atoms with Crippen LogP contribution in [-0.2, 0) is 0 Å². The van der Waals surface area contributed by atoms with Gasteiger partial charge in [-0.15, -0.1) is 0 Å². The van der Waals surface area contributed by atoms with Crippen LogP contribution in [0.1, 0.15) is 32.6 Å². The second-order valence-electron chi connectivity index (χ2n) is 4.20. The zero-order valence-corrected chi connectivity index (χ0v) is 11.3. The van der Waals surface area contributed by atoms with Gasteiger partial charge in [-0.25, -0.2) is 4.98 Å². The summed E-state index contributed by atoms with van der Waals surface area (Å²) in [6, 6.07) is 0.764. The van der Waals surface area contributed by atoms with Crippen molar-refractivity contribution < 1.29 is 0 Å². The molecular formula is C11H19N3S2. The molecule has 0 bridgehead atoms. The van der Waals surface area contributed by atoms with Crippen LogP contribution in [0.2, 0.25) is 0 Å². The van der Waals surface area contributed by atoms with Gasteiger partial charge in [0.2, 0.25) is 0 Å². The molecule has 0 saturated heterocycles. The van der Waals surface area contributed by atoms with Gasteiger partial charge in [-0.3, -0.25) is 0 Å². The summed E-state index contributed by atoms with van der Waals surface area (Å²) in [5.41, 5.74) is 0. The lowest BCUT2D eigenvalue weighted by Gasteiger charge is -2.19. The number of hydrogen-bond acceptors (Lipinski definition) is 5. The summed E-state index contributed by atoms with van der Waals surface area (Å²) < 4.78 is 5.12. The first-order valence-electron chi connectivity index (χ1n) is 6.03. The highest BCUT2D eigenvalue weighted by molar-refractivity contribution is 8.00. The van der Waals surface area contributed by atoms with Gasteiger partial charge in [0, 0.05) is 11.8 Å². The molecule has 16 heavy (non-hydrogen) atoms. The molecule has 5 heteroatoms. The van der Waals surface area contributed by atoms with E-state index in [4.69, 9.17) is 0 Å². The molecule has 1 fully saturated rings. The van der Waals surface area contributed by atoms with Gasteiger partial charge >= 0.3 is 0 Å². The van der Waals surface area contributed by atoms with Crippen molar-refractivity contribution in [2.45, 2.75) is 43.0 Å². The molecule has 0 amide bonds. The van der Waals surface area contributed by atoms with E-state index in [-0.39, 0.29) is 0 Å². The maximum absolute atomic E-state index is 4.19. The van der Waals surface area contributed by atoms with Crippen LogP contribution in [0.5, 0.6) is 0 Å². The van der Waals surface area contributed by atoms with Crippen LogP contribution >= 0.6 is 23.3 Å². The molecular weight excluding hydrogens is 238 g/mol. The van der Waals surface area contributed by atoms with E-state index < -0.39 is 0 Å². The number of hydrogen-bond donors (Lipinski definition) is 1. The smallest absolute Gasteiger partial charge is 0.169 e. The number of nitrogens with one attached hydrogen (secondary N) is 1. The maximum Gasteiger partial charge on any atom is 0.169 e. The fourth-order valence-corrected chi connectivity index (χ4v) is 4.02. The Bertz CT molecular complexity index is 289. The SMILES string of the molecule is CCNC1CCCC1CCSc1ncns1. The van der Waals surface area contributed by atoms with Gasteiger partial charge < -0.3 is 5.32 Å². The normalized spacial score (nSPS) is 25.1. The van der Waals surface area contributed by atoms with Gasteiger partial charge in [-0.05, 0) is 43.3 Å². The first-order chi connectivity index (χ1) is 7.90. The fraction of sp³-hybridized carbons (Fsp3) is 0.818. The number of aromatic nitrogens is 2. The minimum atomic E-state index is 0.764. The summed E-state index contributed by atoms with van der Waals surface area (Å²) in [5, 5.41) is 3.60. The second-order valence-corrected chi connectivity index (χ2v) is 6.32. The van der Waals surface area contributed by atoms with E-state index in [1.807, 2.05) is 11.8 Å². The second kappa shape index (κ2) is 6.57. The molecule has 1 aliphatic carbocycles. The average molecular weight is 257 g/mol. The average Bonchev–Trinajstić information content (AvgIpc) is 2.91. The minimum absolute atomic E-state index is 0.764. The predicted octanol–water partition coefficient (Wildman–Crippen LogP) is 2.80. The summed E-state index contributed by atoms with van der Waals surface area (Å²) in [4.78, 5) is 4.19. The summed E-state index contributed by atoms with van der Waals surface area (Å²) in [6.45, 7) is 3.30. The monoisotopic (exact) mass is 257 g/mol. The van der Waals surface area contributed by atoms with Crippen molar-refractivity contribution in [3.63, 3.8) is 0 Å². The van der Waals surface area contributed by atoms with Gasteiger partial charge in [0.1, 0.15) is 6.33 Å². The molecule has 1 N–H and O–H groups in total. The first kappa shape index (κ1) is 12.3. The summed E-state index contributed by atoms with van der Waals surface area (Å²) in [5.74, 6) is 2.06. The molecule has 0 aliphatic heterocycles. The lowest BCUT2D eigenvalue weighted by molar-refractivity contribution is 0.400. The van der Waals surface area contributed by atoms with Crippen LogP contribution in [-0.4, -0.2) is 27.7 Å². The van der Waals surface area contributed by atoms with E-state index in [2.05, 4.69) is 21.6 Å². The fourth-order valence-electron chi connectivity index (χ4n) is 2.44. The highest BCUT2D eigenvalue weighted by Gasteiger charge is 2.25. The van der Waals surface area contributed by atoms with Crippen LogP contribution in [0.4, 0.5) is 0 Å². The Hall–Kier alpha value is -0.130. The molecule has 0 spiro atoms. The largest absolute Gasteiger partial charge is 0.314 e. The molecule has 2 unspecified atom stereocenters. The topological polar surface area (TPSA) is 37.8 Å². The molecule has 2 atom stereocenters. The Morgan fingerprint density at radius 2 is 2.50 bits per heavy atom. The van der Waals surface area contributed by atoms with E-state index in [0.717, 1.165) is 22.8 Å². The van der Waals surface area contributed by atoms with Gasteiger partial charge in [0.15, 0.2) is 4.34 Å². The number of nitrogens with zero attached hydrogens (tertiary/aromatic N) is 2. The van der Waals surface area contributed by atoms with Crippen molar-refractivity contribution >= 4 is 23.3 Å². The highest BCUT2D eigenvalue weighted by Crippen LogP contribution is 2.31. The van der Waals surface area contributed by atoms with Crippen molar-refractivity contribution in [2.75, 3.05) is 12.3 Å².